The van der Waals surface area contributed by atoms with Gasteiger partial charge in [0.05, 0.1) is 27.6 Å². The molecule has 1 spiro atoms. The van der Waals surface area contributed by atoms with Gasteiger partial charge in [-0.15, -0.1) is 0 Å². The number of ether oxygens (including phenoxy) is 2. The first-order valence-corrected chi connectivity index (χ1v) is 16.5. The summed E-state index contributed by atoms with van der Waals surface area (Å²) in [6, 6.07) is 4.75. The van der Waals surface area contributed by atoms with Crippen LogP contribution in [0.3, 0.4) is 0 Å². The monoisotopic (exact) mass is 648 g/mol. The van der Waals surface area contributed by atoms with Crippen LogP contribution in [0, 0.1) is 28.4 Å². The predicted molar refractivity (Wildman–Crippen MR) is 166 cm³/mol. The molecule has 0 amide bonds. The zero-order chi connectivity index (χ0) is 31.5. The standard InChI is InChI=1S/C34H32ClF3N6O2/c35-27-25(18-3-4-21(37)19-11-22(40)20(13-39)24(18)19)28(38)29-26-30(27)45-15-23-33(7-8-33)5-1-10-44(23)31(26)42-32(41-29)46-16-34-6-2-9-43(34)14-17(36)12-34/h3-4,17,23H,1-2,5-12,14-16,40H2/t17-,23-,34+/m1/s1. The molecular formula is C34H32ClF3N6O2. The lowest BCUT2D eigenvalue weighted by molar-refractivity contribution is 0.107. The molecule has 3 saturated heterocycles. The molecule has 1 saturated carbocycles. The Balaban J connectivity index is 1.25. The van der Waals surface area contributed by atoms with Crippen LogP contribution in [0.15, 0.2) is 17.8 Å². The molecule has 238 valence electrons. The summed E-state index contributed by atoms with van der Waals surface area (Å²) in [7, 11) is 0. The number of benzene rings is 2. The van der Waals surface area contributed by atoms with Gasteiger partial charge < -0.3 is 20.1 Å². The molecule has 0 unspecified atom stereocenters. The van der Waals surface area contributed by atoms with Crippen molar-refractivity contribution in [1.82, 2.24) is 14.9 Å². The molecule has 8 nitrogen and oxygen atoms in total. The average molecular weight is 649 g/mol. The Morgan fingerprint density at radius 3 is 2.76 bits per heavy atom. The van der Waals surface area contributed by atoms with Crippen molar-refractivity contribution in [3.8, 4) is 29.0 Å². The number of fused-ring (bicyclic) bond motifs is 5. The highest BCUT2D eigenvalue weighted by atomic mass is 35.5. The number of allylic oxidation sites excluding steroid dienone is 2. The predicted octanol–water partition coefficient (Wildman–Crippen LogP) is 6.07. The number of hydrogen-bond acceptors (Lipinski definition) is 8. The zero-order valence-corrected chi connectivity index (χ0v) is 25.9. The topological polar surface area (TPSA) is 101 Å². The van der Waals surface area contributed by atoms with Gasteiger partial charge in [-0.05, 0) is 62.1 Å². The fourth-order valence-electron chi connectivity index (χ4n) is 9.06. The number of nitriles is 1. The number of nitrogens with zero attached hydrogens (tertiary/aromatic N) is 5. The fourth-order valence-corrected chi connectivity index (χ4v) is 9.40. The molecule has 12 heteroatoms. The van der Waals surface area contributed by atoms with Gasteiger partial charge in [0.15, 0.2) is 11.6 Å². The summed E-state index contributed by atoms with van der Waals surface area (Å²) >= 11 is 7.08. The maximum absolute atomic E-state index is 17.2. The molecule has 0 bridgehead atoms. The van der Waals surface area contributed by atoms with Crippen LogP contribution in [0.1, 0.15) is 56.1 Å². The van der Waals surface area contributed by atoms with Crippen molar-refractivity contribution in [2.24, 2.45) is 11.1 Å². The van der Waals surface area contributed by atoms with Gasteiger partial charge in [0.1, 0.15) is 42.6 Å². The minimum Gasteiger partial charge on any atom is -0.489 e. The summed E-state index contributed by atoms with van der Waals surface area (Å²) in [4.78, 5) is 13.9. The summed E-state index contributed by atoms with van der Waals surface area (Å²) in [6.07, 6.45) is 5.46. The Bertz CT molecular complexity index is 1930. The Morgan fingerprint density at radius 1 is 1.13 bits per heavy atom. The van der Waals surface area contributed by atoms with Crippen molar-refractivity contribution in [3.05, 3.63) is 45.6 Å². The van der Waals surface area contributed by atoms with Crippen molar-refractivity contribution < 1.29 is 22.6 Å². The van der Waals surface area contributed by atoms with Crippen LogP contribution in [-0.2, 0) is 6.42 Å². The summed E-state index contributed by atoms with van der Waals surface area (Å²) in [5.74, 6) is -0.520. The average Bonchev–Trinajstić information content (AvgIpc) is 3.47. The lowest BCUT2D eigenvalue weighted by Crippen LogP contribution is -2.49. The lowest BCUT2D eigenvalue weighted by atomic mass is 9.86. The fraction of sp³-hybridized carbons (Fsp3) is 0.500. The molecule has 3 atom stereocenters. The van der Waals surface area contributed by atoms with E-state index in [2.05, 4.69) is 20.9 Å². The Hall–Kier alpha value is -3.75. The van der Waals surface area contributed by atoms with Gasteiger partial charge in [-0.2, -0.15) is 15.2 Å². The quantitative estimate of drug-likeness (QED) is 0.364. The second kappa shape index (κ2) is 9.88. The van der Waals surface area contributed by atoms with Crippen LogP contribution in [0.2, 0.25) is 5.02 Å². The van der Waals surface area contributed by atoms with E-state index in [-0.39, 0.29) is 80.3 Å². The molecule has 46 heavy (non-hydrogen) atoms. The van der Waals surface area contributed by atoms with Crippen molar-refractivity contribution in [2.75, 3.05) is 37.7 Å². The highest BCUT2D eigenvalue weighted by Gasteiger charge is 2.55. The molecule has 4 aliphatic heterocycles. The maximum atomic E-state index is 17.2. The normalized spacial score (nSPS) is 27.3. The van der Waals surface area contributed by atoms with Gasteiger partial charge in [-0.1, -0.05) is 17.7 Å². The van der Waals surface area contributed by atoms with Crippen LogP contribution >= 0.6 is 11.6 Å². The molecule has 9 rings (SSSR count). The molecule has 2 aromatic carbocycles. The Kier molecular flexibility index (Phi) is 6.11. The van der Waals surface area contributed by atoms with E-state index in [4.69, 9.17) is 31.8 Å². The SMILES string of the molecule is N#CC1=C(N)Cc2c(F)ccc(-c3c(Cl)c4c5c(nc(OC[C@@]67CCCN6C[C@H](F)C7)nc5c3F)N3CCCC5(CC5)[C@H]3CO4)c21. The van der Waals surface area contributed by atoms with E-state index < -0.39 is 23.3 Å². The van der Waals surface area contributed by atoms with Crippen LogP contribution in [0.5, 0.6) is 11.8 Å². The second-order valence-corrected chi connectivity index (χ2v) is 14.3. The largest absolute Gasteiger partial charge is 0.489 e. The number of aromatic nitrogens is 2. The third kappa shape index (κ3) is 3.89. The first-order chi connectivity index (χ1) is 22.2. The van der Waals surface area contributed by atoms with Crippen LogP contribution in [0.25, 0.3) is 27.6 Å². The summed E-state index contributed by atoms with van der Waals surface area (Å²) < 4.78 is 59.5. The molecule has 6 aliphatic rings. The van der Waals surface area contributed by atoms with Crippen molar-refractivity contribution in [3.63, 3.8) is 0 Å². The van der Waals surface area contributed by atoms with Crippen LogP contribution < -0.4 is 20.1 Å². The van der Waals surface area contributed by atoms with E-state index in [0.717, 1.165) is 45.1 Å². The molecular weight excluding hydrogens is 617 g/mol. The number of rotatable bonds is 4. The number of hydrogen-bond donors (Lipinski definition) is 1. The molecule has 2 aliphatic carbocycles. The number of anilines is 1. The first kappa shape index (κ1) is 28.5. The number of nitrogens with two attached hydrogens (primary N) is 1. The van der Waals surface area contributed by atoms with Gasteiger partial charge >= 0.3 is 6.01 Å². The van der Waals surface area contributed by atoms with Crippen LogP contribution in [-0.4, -0.2) is 65.5 Å². The number of piperidine rings is 1. The maximum Gasteiger partial charge on any atom is 0.319 e. The van der Waals surface area contributed by atoms with E-state index in [1.165, 1.54) is 12.1 Å². The molecule has 4 fully saturated rings. The van der Waals surface area contributed by atoms with Gasteiger partial charge in [0.25, 0.3) is 0 Å². The molecule has 1 aromatic heterocycles. The summed E-state index contributed by atoms with van der Waals surface area (Å²) in [5.41, 5.74) is 6.71. The number of alkyl halides is 1. The van der Waals surface area contributed by atoms with E-state index in [0.29, 0.717) is 37.3 Å². The smallest absolute Gasteiger partial charge is 0.319 e. The third-order valence-electron chi connectivity index (χ3n) is 11.5. The highest BCUT2D eigenvalue weighted by molar-refractivity contribution is 6.37. The second-order valence-electron chi connectivity index (χ2n) is 13.9. The van der Waals surface area contributed by atoms with Crippen LogP contribution in [0.4, 0.5) is 19.0 Å². The Morgan fingerprint density at radius 2 is 1.96 bits per heavy atom. The van der Waals surface area contributed by atoms with E-state index in [1.807, 2.05) is 0 Å². The van der Waals surface area contributed by atoms with E-state index >= 15 is 8.78 Å². The number of halogens is 4. The van der Waals surface area contributed by atoms with Gasteiger partial charge in [0, 0.05) is 48.3 Å². The summed E-state index contributed by atoms with van der Waals surface area (Å²) in [5, 5.41) is 10.3. The molecule has 5 heterocycles. The Labute approximate surface area is 268 Å². The third-order valence-corrected chi connectivity index (χ3v) is 11.8. The van der Waals surface area contributed by atoms with Crippen molar-refractivity contribution in [2.45, 2.75) is 69.1 Å². The summed E-state index contributed by atoms with van der Waals surface area (Å²) in [6.45, 7) is 2.43. The molecule has 3 aromatic rings. The minimum atomic E-state index is -0.921. The van der Waals surface area contributed by atoms with Crippen molar-refractivity contribution in [1.29, 1.82) is 5.26 Å². The van der Waals surface area contributed by atoms with E-state index in [1.54, 1.807) is 0 Å². The van der Waals surface area contributed by atoms with E-state index in [9.17, 15) is 9.65 Å². The van der Waals surface area contributed by atoms with Gasteiger partial charge in [0.2, 0.25) is 0 Å². The molecule has 0 radical (unpaired) electrons. The van der Waals surface area contributed by atoms with Gasteiger partial charge in [-0.25, -0.2) is 13.2 Å². The minimum absolute atomic E-state index is 0.00483. The van der Waals surface area contributed by atoms with Crippen molar-refractivity contribution >= 4 is 33.9 Å². The highest BCUT2D eigenvalue weighted by Crippen LogP contribution is 2.59. The molecule has 2 N–H and O–H groups in total. The van der Waals surface area contributed by atoms with Gasteiger partial charge in [-0.3, -0.25) is 4.90 Å². The zero-order valence-electron chi connectivity index (χ0n) is 25.1. The first-order valence-electron chi connectivity index (χ1n) is 16.1. The lowest BCUT2D eigenvalue weighted by Gasteiger charge is -2.41.